The Hall–Kier alpha value is -1.68. The van der Waals surface area contributed by atoms with Crippen molar-refractivity contribution in [1.29, 1.82) is 0 Å². The van der Waals surface area contributed by atoms with Crippen LogP contribution in [0.25, 0.3) is 6.08 Å². The molecule has 2 heterocycles. The molecule has 4 heteroatoms. The fraction of sp³-hybridized carbons (Fsp3) is 0.385. The predicted octanol–water partition coefficient (Wildman–Crippen LogP) is 0.915. The van der Waals surface area contributed by atoms with Crippen LogP contribution in [0.1, 0.15) is 12.6 Å². The highest BCUT2D eigenvalue weighted by atomic mass is 16.2. The lowest BCUT2D eigenvalue weighted by molar-refractivity contribution is -0.127. The van der Waals surface area contributed by atoms with Crippen LogP contribution in [-0.4, -0.2) is 41.5 Å². The van der Waals surface area contributed by atoms with E-state index in [1.54, 1.807) is 18.3 Å². The van der Waals surface area contributed by atoms with Gasteiger partial charge in [-0.15, -0.1) is 0 Å². The average Bonchev–Trinajstić information content (AvgIpc) is 2.37. The molecule has 0 aromatic carbocycles. The lowest BCUT2D eigenvalue weighted by Crippen LogP contribution is -2.50. The molecule has 1 aromatic heterocycles. The Morgan fingerprint density at radius 1 is 1.59 bits per heavy atom. The van der Waals surface area contributed by atoms with Gasteiger partial charge in [0, 0.05) is 37.9 Å². The third-order valence-corrected chi connectivity index (χ3v) is 2.76. The van der Waals surface area contributed by atoms with E-state index in [0.29, 0.717) is 6.04 Å². The molecule has 1 unspecified atom stereocenters. The number of carbonyl (C=O) groups is 1. The summed E-state index contributed by atoms with van der Waals surface area (Å²) in [5.74, 6) is 0.0593. The highest BCUT2D eigenvalue weighted by Crippen LogP contribution is 2.02. The fourth-order valence-corrected chi connectivity index (χ4v) is 1.87. The van der Waals surface area contributed by atoms with Crippen LogP contribution in [-0.2, 0) is 4.79 Å². The Morgan fingerprint density at radius 2 is 2.47 bits per heavy atom. The molecule has 0 aliphatic carbocycles. The Kier molecular flexibility index (Phi) is 3.88. The van der Waals surface area contributed by atoms with E-state index in [9.17, 15) is 4.79 Å². The van der Waals surface area contributed by atoms with Gasteiger partial charge in [-0.2, -0.15) is 0 Å². The maximum atomic E-state index is 11.9. The summed E-state index contributed by atoms with van der Waals surface area (Å²) in [6, 6.07) is 6.02. The molecule has 17 heavy (non-hydrogen) atoms. The van der Waals surface area contributed by atoms with E-state index < -0.39 is 0 Å². The molecule has 1 N–H and O–H groups in total. The molecule has 1 atom stereocenters. The van der Waals surface area contributed by atoms with Crippen molar-refractivity contribution in [1.82, 2.24) is 15.2 Å². The molecule has 4 nitrogen and oxygen atoms in total. The van der Waals surface area contributed by atoms with Gasteiger partial charge in [-0.3, -0.25) is 9.78 Å². The number of carbonyl (C=O) groups excluding carboxylic acids is 1. The van der Waals surface area contributed by atoms with Crippen LogP contribution in [0.15, 0.2) is 30.5 Å². The number of amides is 1. The molecule has 1 aliphatic rings. The minimum atomic E-state index is 0.0593. The minimum absolute atomic E-state index is 0.0593. The van der Waals surface area contributed by atoms with Gasteiger partial charge >= 0.3 is 0 Å². The minimum Gasteiger partial charge on any atom is -0.336 e. The van der Waals surface area contributed by atoms with Crippen molar-refractivity contribution < 1.29 is 4.79 Å². The van der Waals surface area contributed by atoms with Crippen LogP contribution < -0.4 is 5.32 Å². The first-order valence-electron chi connectivity index (χ1n) is 5.87. The maximum absolute atomic E-state index is 11.9. The van der Waals surface area contributed by atoms with Crippen molar-refractivity contribution in [2.75, 3.05) is 19.6 Å². The summed E-state index contributed by atoms with van der Waals surface area (Å²) in [7, 11) is 0. The number of hydrogen-bond acceptors (Lipinski definition) is 3. The number of pyridine rings is 1. The third kappa shape index (κ3) is 3.39. The summed E-state index contributed by atoms with van der Waals surface area (Å²) in [4.78, 5) is 17.9. The third-order valence-electron chi connectivity index (χ3n) is 2.76. The first-order valence-corrected chi connectivity index (χ1v) is 5.87. The first-order chi connectivity index (χ1) is 8.25. The second kappa shape index (κ2) is 5.59. The zero-order chi connectivity index (χ0) is 12.1. The van der Waals surface area contributed by atoms with Gasteiger partial charge < -0.3 is 10.2 Å². The average molecular weight is 231 g/mol. The molecule has 0 spiro atoms. The Balaban J connectivity index is 1.94. The summed E-state index contributed by atoms with van der Waals surface area (Å²) < 4.78 is 0. The molecule has 1 amide bonds. The zero-order valence-electron chi connectivity index (χ0n) is 9.97. The van der Waals surface area contributed by atoms with Crippen LogP contribution >= 0.6 is 0 Å². The molecule has 0 saturated carbocycles. The van der Waals surface area contributed by atoms with E-state index in [1.165, 1.54) is 0 Å². The Morgan fingerprint density at radius 3 is 3.18 bits per heavy atom. The number of hydrogen-bond donors (Lipinski definition) is 1. The van der Waals surface area contributed by atoms with Gasteiger partial charge in [-0.05, 0) is 25.1 Å². The van der Waals surface area contributed by atoms with Gasteiger partial charge in [0.2, 0.25) is 5.91 Å². The molecule has 1 saturated heterocycles. The highest BCUT2D eigenvalue weighted by Gasteiger charge is 2.18. The van der Waals surface area contributed by atoms with Crippen LogP contribution in [0.3, 0.4) is 0 Å². The SMILES string of the molecule is CC1CN(C(=O)C=Cc2ccccn2)CCN1. The zero-order valence-corrected chi connectivity index (χ0v) is 9.97. The van der Waals surface area contributed by atoms with Gasteiger partial charge in [0.15, 0.2) is 0 Å². The van der Waals surface area contributed by atoms with Crippen molar-refractivity contribution >= 4 is 12.0 Å². The van der Waals surface area contributed by atoms with Crippen LogP contribution in [0.4, 0.5) is 0 Å². The van der Waals surface area contributed by atoms with Crippen molar-refractivity contribution in [2.45, 2.75) is 13.0 Å². The standard InChI is InChI=1S/C13H17N3O/c1-11-10-16(9-8-14-11)13(17)6-5-12-4-2-3-7-15-12/h2-7,11,14H,8-10H2,1H3. The monoisotopic (exact) mass is 231 g/mol. The van der Waals surface area contributed by atoms with Gasteiger partial charge in [-0.25, -0.2) is 0 Å². The van der Waals surface area contributed by atoms with Crippen molar-refractivity contribution in [2.24, 2.45) is 0 Å². The number of nitrogens with zero attached hydrogens (tertiary/aromatic N) is 2. The summed E-state index contributed by atoms with van der Waals surface area (Å²) >= 11 is 0. The summed E-state index contributed by atoms with van der Waals surface area (Å²) in [5.41, 5.74) is 0.809. The van der Waals surface area contributed by atoms with E-state index in [0.717, 1.165) is 25.3 Å². The van der Waals surface area contributed by atoms with E-state index in [4.69, 9.17) is 0 Å². The number of nitrogens with one attached hydrogen (secondary N) is 1. The largest absolute Gasteiger partial charge is 0.336 e. The number of aromatic nitrogens is 1. The number of piperazine rings is 1. The summed E-state index contributed by atoms with van der Waals surface area (Å²) in [5, 5.41) is 3.31. The van der Waals surface area contributed by atoms with Crippen LogP contribution in [0, 0.1) is 0 Å². The second-order valence-corrected chi connectivity index (χ2v) is 4.23. The molecule has 2 rings (SSSR count). The lowest BCUT2D eigenvalue weighted by atomic mass is 10.2. The van der Waals surface area contributed by atoms with Crippen molar-refractivity contribution in [3.63, 3.8) is 0 Å². The molecular weight excluding hydrogens is 214 g/mol. The van der Waals surface area contributed by atoms with E-state index in [-0.39, 0.29) is 5.91 Å². The Bertz CT molecular complexity index is 402. The van der Waals surface area contributed by atoms with E-state index in [1.807, 2.05) is 23.1 Å². The molecule has 1 aromatic rings. The maximum Gasteiger partial charge on any atom is 0.246 e. The van der Waals surface area contributed by atoms with Crippen molar-refractivity contribution in [3.05, 3.63) is 36.2 Å². The van der Waals surface area contributed by atoms with Gasteiger partial charge in [0.1, 0.15) is 0 Å². The quantitative estimate of drug-likeness (QED) is 0.770. The van der Waals surface area contributed by atoms with Gasteiger partial charge in [0.05, 0.1) is 5.69 Å². The molecule has 1 aliphatic heterocycles. The van der Waals surface area contributed by atoms with Gasteiger partial charge in [0.25, 0.3) is 0 Å². The van der Waals surface area contributed by atoms with Crippen LogP contribution in [0.5, 0.6) is 0 Å². The fourth-order valence-electron chi connectivity index (χ4n) is 1.87. The van der Waals surface area contributed by atoms with Crippen LogP contribution in [0.2, 0.25) is 0 Å². The van der Waals surface area contributed by atoms with Crippen molar-refractivity contribution in [3.8, 4) is 0 Å². The van der Waals surface area contributed by atoms with Gasteiger partial charge in [-0.1, -0.05) is 6.07 Å². The topological polar surface area (TPSA) is 45.2 Å². The molecule has 90 valence electrons. The summed E-state index contributed by atoms with van der Waals surface area (Å²) in [6.07, 6.45) is 5.08. The molecule has 0 radical (unpaired) electrons. The Labute approximate surface area is 101 Å². The first kappa shape index (κ1) is 11.8. The highest BCUT2D eigenvalue weighted by molar-refractivity contribution is 5.91. The molecule has 0 bridgehead atoms. The normalized spacial score (nSPS) is 20.8. The number of rotatable bonds is 2. The lowest BCUT2D eigenvalue weighted by Gasteiger charge is -2.31. The summed E-state index contributed by atoms with van der Waals surface area (Å²) in [6.45, 7) is 4.49. The molecular formula is C13H17N3O. The van der Waals surface area contributed by atoms with E-state index in [2.05, 4.69) is 17.2 Å². The van der Waals surface area contributed by atoms with E-state index >= 15 is 0 Å². The molecule has 1 fully saturated rings. The predicted molar refractivity (Wildman–Crippen MR) is 67.3 cm³/mol. The smallest absolute Gasteiger partial charge is 0.246 e. The second-order valence-electron chi connectivity index (χ2n) is 4.23.